The highest BCUT2D eigenvalue weighted by molar-refractivity contribution is 6.92. The van der Waals surface area contributed by atoms with E-state index in [0.717, 1.165) is 0 Å². The number of rotatable bonds is 0. The Labute approximate surface area is 49.2 Å². The Balaban J connectivity index is -0.00000000167. The first-order valence-electron chi connectivity index (χ1n) is 1.00. The molecule has 0 aliphatic carbocycles. The van der Waals surface area contributed by atoms with E-state index >= 15 is 0 Å². The zero-order valence-corrected chi connectivity index (χ0v) is 6.57. The van der Waals surface area contributed by atoms with Gasteiger partial charge in [0.2, 0.25) is 0 Å². The van der Waals surface area contributed by atoms with Gasteiger partial charge >= 0.3 is 0 Å². The van der Waals surface area contributed by atoms with Crippen LogP contribution in [-0.2, 0) is 0 Å². The van der Waals surface area contributed by atoms with Gasteiger partial charge in [-0.2, -0.15) is 9.90 Å². The van der Waals surface area contributed by atoms with Crippen molar-refractivity contribution < 1.29 is 0 Å². The predicted octanol–water partition coefficient (Wildman–Crippen LogP) is 1.93. The molecule has 1 unspecified atom stereocenters. The van der Waals surface area contributed by atoms with E-state index in [9.17, 15) is 0 Å². The van der Waals surface area contributed by atoms with Crippen molar-refractivity contribution in [1.82, 2.24) is 0 Å². The molecule has 1 atom stereocenters. The fourth-order valence-corrected chi connectivity index (χ4v) is 0. The zero-order valence-electron chi connectivity index (χ0n) is 3.52. The van der Waals surface area contributed by atoms with Gasteiger partial charge in [-0.1, -0.05) is 13.8 Å². The molecule has 0 aliphatic heterocycles. The van der Waals surface area contributed by atoms with E-state index in [1.54, 1.807) is 0 Å². The summed E-state index contributed by atoms with van der Waals surface area (Å²) in [5.74, 6) is 0. The number of hydrogen-bond acceptors (Lipinski definition) is 0. The van der Waals surface area contributed by atoms with E-state index in [1.807, 2.05) is 13.8 Å². The molecule has 0 rings (SSSR count). The predicted molar refractivity (Wildman–Crippen MR) is 36.9 cm³/mol. The van der Waals surface area contributed by atoms with Crippen LogP contribution in [0.2, 0.25) is 0 Å². The molecule has 0 heterocycles. The summed E-state index contributed by atoms with van der Waals surface area (Å²) in [6, 6.07) is 0. The molecule has 0 nitrogen and oxygen atoms in total. The minimum atomic E-state index is 0. The van der Waals surface area contributed by atoms with E-state index in [1.165, 1.54) is 0 Å². The van der Waals surface area contributed by atoms with E-state index in [4.69, 9.17) is 0 Å². The average molecular weight is 137 g/mol. The van der Waals surface area contributed by atoms with Crippen molar-refractivity contribution >= 4 is 34.7 Å². The number of hydrogen-bond donors (Lipinski definition) is 0. The van der Waals surface area contributed by atoms with E-state index < -0.39 is 0 Å². The Morgan fingerprint density at radius 2 is 0.800 bits per heavy atom. The van der Waals surface area contributed by atoms with Crippen LogP contribution >= 0.6 is 34.7 Å². The maximum Gasteiger partial charge on any atom is -0.0683 e. The molecule has 0 fully saturated rings. The van der Waals surface area contributed by atoms with Crippen molar-refractivity contribution in [2.75, 3.05) is 0 Å². The molecule has 0 aliphatic rings. The molecule has 0 saturated carbocycles. The molecule has 0 spiro atoms. The second-order valence-corrected chi connectivity index (χ2v) is 0. The monoisotopic (exact) mass is 136 g/mol. The van der Waals surface area contributed by atoms with Gasteiger partial charge in [0, 0.05) is 0 Å². The molecule has 0 N–H and O–H groups in total. The molecule has 0 radical (unpaired) electrons. The van der Waals surface area contributed by atoms with Gasteiger partial charge in [-0.05, 0) is 0 Å². The molecule has 0 amide bonds. The first-order chi connectivity index (χ1) is 1.00. The third kappa shape index (κ3) is 44.5. The van der Waals surface area contributed by atoms with Crippen molar-refractivity contribution in [1.29, 1.82) is 0 Å². The van der Waals surface area contributed by atoms with Gasteiger partial charge in [0.05, 0.1) is 0 Å². The fraction of sp³-hybridized carbons (Fsp3) is 1.00. The van der Waals surface area contributed by atoms with E-state index in [0.29, 0.717) is 0 Å². The first-order valence-corrected chi connectivity index (χ1v) is 1.00. The van der Waals surface area contributed by atoms with Crippen molar-refractivity contribution in [3.63, 3.8) is 0 Å². The summed E-state index contributed by atoms with van der Waals surface area (Å²) in [5.41, 5.74) is 0. The first kappa shape index (κ1) is 37.3. The Bertz CT molecular complexity index is 7.61. The maximum atomic E-state index is 2.00. The van der Waals surface area contributed by atoms with Crippen molar-refractivity contribution in [3.05, 3.63) is 0 Å². The van der Waals surface area contributed by atoms with E-state index in [-0.39, 0.29) is 34.7 Å². The highest BCUT2D eigenvalue weighted by Crippen LogP contribution is 1.14. The Morgan fingerprint density at radius 3 is 0.800 bits per heavy atom. The topological polar surface area (TPSA) is 0 Å². The van der Waals surface area contributed by atoms with Crippen LogP contribution in [0.1, 0.15) is 13.8 Å². The quantitative estimate of drug-likeness (QED) is 0.447. The lowest BCUT2D eigenvalue weighted by atomic mass is 11.0. The standard InChI is InChI=1S/C2H6.2ClH.H3P/c1-2;;;/h1-2H3;2*1H;1H3. The molecule has 0 bridgehead atoms. The van der Waals surface area contributed by atoms with Crippen LogP contribution in [0.25, 0.3) is 0 Å². The fourth-order valence-electron chi connectivity index (χ4n) is 0. The minimum Gasteiger partial charge on any atom is -0.153 e. The highest BCUT2D eigenvalue weighted by atomic mass is 35.5. The lowest BCUT2D eigenvalue weighted by molar-refractivity contribution is 1.50. The van der Waals surface area contributed by atoms with E-state index in [2.05, 4.69) is 0 Å². The van der Waals surface area contributed by atoms with Gasteiger partial charge in [0.1, 0.15) is 0 Å². The third-order valence-corrected chi connectivity index (χ3v) is 0. The normalized spacial score (nSPS) is 1.20. The van der Waals surface area contributed by atoms with Gasteiger partial charge in [0.25, 0.3) is 0 Å². The van der Waals surface area contributed by atoms with Crippen LogP contribution in [0.3, 0.4) is 0 Å². The minimum absolute atomic E-state index is 0. The smallest absolute Gasteiger partial charge is 0.0683 e. The highest BCUT2D eigenvalue weighted by Gasteiger charge is 0.932. The lowest BCUT2D eigenvalue weighted by Crippen LogP contribution is -0.856. The molecule has 0 aromatic rings. The van der Waals surface area contributed by atoms with Crippen LogP contribution in [0, 0.1) is 0 Å². The average Bonchev–Trinajstić information content (AvgIpc) is 1.00. The summed E-state index contributed by atoms with van der Waals surface area (Å²) < 4.78 is 0. The van der Waals surface area contributed by atoms with Crippen molar-refractivity contribution in [2.45, 2.75) is 13.8 Å². The Kier molecular flexibility index (Phi) is 590. The van der Waals surface area contributed by atoms with Crippen LogP contribution < -0.4 is 0 Å². The molecule has 5 heavy (non-hydrogen) atoms. The van der Waals surface area contributed by atoms with Gasteiger partial charge in [-0.3, -0.25) is 0 Å². The maximum absolute atomic E-state index is 2.00. The molecule has 0 aromatic carbocycles. The number of halogens is 2. The molecule has 38 valence electrons. The molecular formula is C2H11Cl2P. The van der Waals surface area contributed by atoms with Gasteiger partial charge in [-0.25, -0.2) is 0 Å². The molecule has 3 heteroatoms. The van der Waals surface area contributed by atoms with Crippen LogP contribution in [0.15, 0.2) is 0 Å². The van der Waals surface area contributed by atoms with Gasteiger partial charge in [0.15, 0.2) is 0 Å². The summed E-state index contributed by atoms with van der Waals surface area (Å²) in [4.78, 5) is 0. The summed E-state index contributed by atoms with van der Waals surface area (Å²) in [6.45, 7) is 4.00. The Hall–Kier alpha value is 1.01. The summed E-state index contributed by atoms with van der Waals surface area (Å²) in [7, 11) is 0. The van der Waals surface area contributed by atoms with Gasteiger partial charge < -0.3 is 0 Å². The SMILES string of the molecule is CC.Cl.Cl.P. The van der Waals surface area contributed by atoms with Crippen molar-refractivity contribution in [3.8, 4) is 0 Å². The second kappa shape index (κ2) is 79.0. The summed E-state index contributed by atoms with van der Waals surface area (Å²) in [5, 5.41) is 0. The van der Waals surface area contributed by atoms with Crippen LogP contribution in [-0.4, -0.2) is 0 Å². The van der Waals surface area contributed by atoms with Crippen LogP contribution in [0.4, 0.5) is 0 Å². The lowest BCUT2D eigenvalue weighted by Gasteiger charge is -1.07. The molecular weight excluding hydrogens is 126 g/mol. The second-order valence-electron chi connectivity index (χ2n) is 0. The summed E-state index contributed by atoms with van der Waals surface area (Å²) >= 11 is 0. The zero-order chi connectivity index (χ0) is 2.00. The largest absolute Gasteiger partial charge is 0.153 e. The molecule has 0 aromatic heterocycles. The summed E-state index contributed by atoms with van der Waals surface area (Å²) in [6.07, 6.45) is 0. The Morgan fingerprint density at radius 1 is 0.800 bits per heavy atom. The molecule has 0 saturated heterocycles. The van der Waals surface area contributed by atoms with Crippen molar-refractivity contribution in [2.24, 2.45) is 0 Å². The van der Waals surface area contributed by atoms with Gasteiger partial charge in [-0.15, -0.1) is 24.8 Å². The van der Waals surface area contributed by atoms with Crippen LogP contribution in [0.5, 0.6) is 0 Å². The third-order valence-electron chi connectivity index (χ3n) is 0.